The van der Waals surface area contributed by atoms with Gasteiger partial charge in [-0.05, 0) is 12.3 Å². The SMILES string of the molecule is CCOP(N)(=O)SCC(C)(C)C. The van der Waals surface area contributed by atoms with Gasteiger partial charge in [0.05, 0.1) is 6.61 Å². The van der Waals surface area contributed by atoms with Gasteiger partial charge in [-0.15, -0.1) is 0 Å². The summed E-state index contributed by atoms with van der Waals surface area (Å²) in [5, 5.41) is 0. The van der Waals surface area contributed by atoms with Crippen molar-refractivity contribution in [2.45, 2.75) is 27.7 Å². The van der Waals surface area contributed by atoms with Crippen molar-refractivity contribution in [1.29, 1.82) is 0 Å². The summed E-state index contributed by atoms with van der Waals surface area (Å²) in [6.45, 7) is 5.55. The molecule has 0 aliphatic carbocycles. The van der Waals surface area contributed by atoms with E-state index in [0.29, 0.717) is 6.61 Å². The summed E-state index contributed by atoms with van der Waals surface area (Å²) in [6.07, 6.45) is 0. The molecule has 0 fully saturated rings. The van der Waals surface area contributed by atoms with Gasteiger partial charge in [-0.2, -0.15) is 0 Å². The molecule has 0 bridgehead atoms. The lowest BCUT2D eigenvalue weighted by molar-refractivity contribution is 0.346. The van der Waals surface area contributed by atoms with Crippen molar-refractivity contribution in [2.75, 3.05) is 12.4 Å². The average molecular weight is 211 g/mol. The molecule has 12 heavy (non-hydrogen) atoms. The first-order valence-corrected chi connectivity index (χ1v) is 7.23. The van der Waals surface area contributed by atoms with Crippen LogP contribution in [0.5, 0.6) is 0 Å². The van der Waals surface area contributed by atoms with E-state index in [2.05, 4.69) is 20.8 Å². The molecule has 0 aliphatic heterocycles. The third-order valence-corrected chi connectivity index (χ3v) is 4.74. The van der Waals surface area contributed by atoms with E-state index in [4.69, 9.17) is 10.0 Å². The lowest BCUT2D eigenvalue weighted by Crippen LogP contribution is -2.09. The van der Waals surface area contributed by atoms with Crippen molar-refractivity contribution in [3.63, 3.8) is 0 Å². The molecule has 74 valence electrons. The largest absolute Gasteiger partial charge is 0.323 e. The van der Waals surface area contributed by atoms with E-state index in [-0.39, 0.29) is 5.41 Å². The maximum atomic E-state index is 11.4. The highest BCUT2D eigenvalue weighted by Gasteiger charge is 2.21. The number of hydrogen-bond donors (Lipinski definition) is 1. The van der Waals surface area contributed by atoms with E-state index < -0.39 is 6.72 Å². The van der Waals surface area contributed by atoms with Crippen molar-refractivity contribution in [3.05, 3.63) is 0 Å². The fraction of sp³-hybridized carbons (Fsp3) is 1.00. The first-order chi connectivity index (χ1) is 5.27. The number of nitrogens with two attached hydrogens (primary N) is 1. The summed E-state index contributed by atoms with van der Waals surface area (Å²) in [7, 11) is 0. The van der Waals surface area contributed by atoms with Crippen LogP contribution in [0.2, 0.25) is 0 Å². The first-order valence-electron chi connectivity index (χ1n) is 3.94. The molecule has 0 aromatic carbocycles. The van der Waals surface area contributed by atoms with Crippen LogP contribution in [0.1, 0.15) is 27.7 Å². The maximum Gasteiger partial charge on any atom is 0.323 e. The third-order valence-electron chi connectivity index (χ3n) is 0.987. The Morgan fingerprint density at radius 3 is 2.33 bits per heavy atom. The Hall–Kier alpha value is 0.500. The molecule has 0 amide bonds. The monoisotopic (exact) mass is 211 g/mol. The Labute approximate surface area is 78.7 Å². The average Bonchev–Trinajstić information content (AvgIpc) is 1.83. The molecule has 0 radical (unpaired) electrons. The molecule has 5 heteroatoms. The normalized spacial score (nSPS) is 17.4. The molecule has 0 spiro atoms. The fourth-order valence-electron chi connectivity index (χ4n) is 0.501. The number of rotatable bonds is 4. The van der Waals surface area contributed by atoms with Crippen LogP contribution in [0.4, 0.5) is 0 Å². The summed E-state index contributed by atoms with van der Waals surface area (Å²) >= 11 is 1.22. The predicted octanol–water partition coefficient (Wildman–Crippen LogP) is 2.87. The Bertz CT molecular complexity index is 179. The summed E-state index contributed by atoms with van der Waals surface area (Å²) < 4.78 is 16.3. The second kappa shape index (κ2) is 4.66. The summed E-state index contributed by atoms with van der Waals surface area (Å²) in [5.74, 6) is 0.751. The Kier molecular flexibility index (Phi) is 4.85. The molecule has 0 aliphatic rings. The van der Waals surface area contributed by atoms with Crippen molar-refractivity contribution in [3.8, 4) is 0 Å². The van der Waals surface area contributed by atoms with Gasteiger partial charge in [0.1, 0.15) is 0 Å². The molecule has 0 aromatic rings. The van der Waals surface area contributed by atoms with Crippen LogP contribution in [0.25, 0.3) is 0 Å². The molecule has 1 atom stereocenters. The van der Waals surface area contributed by atoms with E-state index in [9.17, 15) is 4.57 Å². The zero-order chi connectivity index (χ0) is 9.83. The minimum absolute atomic E-state index is 0.136. The maximum absolute atomic E-state index is 11.4. The molecular formula is C7H18NO2PS. The summed E-state index contributed by atoms with van der Waals surface area (Å²) in [5.41, 5.74) is 5.57. The van der Waals surface area contributed by atoms with Gasteiger partial charge in [0, 0.05) is 5.75 Å². The van der Waals surface area contributed by atoms with Gasteiger partial charge in [0.2, 0.25) is 0 Å². The molecular weight excluding hydrogens is 193 g/mol. The second-order valence-corrected chi connectivity index (χ2v) is 7.98. The van der Waals surface area contributed by atoms with E-state index in [1.165, 1.54) is 11.4 Å². The Morgan fingerprint density at radius 1 is 1.50 bits per heavy atom. The lowest BCUT2D eigenvalue weighted by atomic mass is 10.0. The lowest BCUT2D eigenvalue weighted by Gasteiger charge is -2.19. The standard InChI is InChI=1S/C7H18NO2PS/c1-5-10-11(8,9)12-6-7(2,3)4/h5-6H2,1-4H3,(H2,8,9). The van der Waals surface area contributed by atoms with Gasteiger partial charge in [-0.1, -0.05) is 32.2 Å². The van der Waals surface area contributed by atoms with Crippen LogP contribution in [0.15, 0.2) is 0 Å². The molecule has 0 saturated heterocycles. The van der Waals surface area contributed by atoms with Crippen LogP contribution in [0, 0.1) is 5.41 Å². The summed E-state index contributed by atoms with van der Waals surface area (Å²) in [6, 6.07) is 0. The van der Waals surface area contributed by atoms with Gasteiger partial charge in [-0.3, -0.25) is 10.1 Å². The highest BCUT2D eigenvalue weighted by Crippen LogP contribution is 2.53. The molecule has 1 unspecified atom stereocenters. The van der Waals surface area contributed by atoms with Gasteiger partial charge in [-0.25, -0.2) is 0 Å². The van der Waals surface area contributed by atoms with Crippen LogP contribution >= 0.6 is 18.1 Å². The van der Waals surface area contributed by atoms with E-state index in [1.807, 2.05) is 0 Å². The van der Waals surface area contributed by atoms with Crippen molar-refractivity contribution in [1.82, 2.24) is 0 Å². The highest BCUT2D eigenvalue weighted by molar-refractivity contribution is 8.55. The van der Waals surface area contributed by atoms with Crippen LogP contribution in [-0.2, 0) is 9.09 Å². The second-order valence-electron chi connectivity index (χ2n) is 3.79. The van der Waals surface area contributed by atoms with E-state index in [0.717, 1.165) is 5.75 Å². The smallest absolute Gasteiger partial charge is 0.310 e. The molecule has 0 heterocycles. The minimum atomic E-state index is -2.87. The van der Waals surface area contributed by atoms with E-state index in [1.54, 1.807) is 6.92 Å². The third kappa shape index (κ3) is 7.17. The molecule has 0 saturated carbocycles. The molecule has 0 rings (SSSR count). The molecule has 2 N–H and O–H groups in total. The van der Waals surface area contributed by atoms with Crippen molar-refractivity contribution < 1.29 is 9.09 Å². The zero-order valence-corrected chi connectivity index (χ0v) is 9.87. The summed E-state index contributed by atoms with van der Waals surface area (Å²) in [4.78, 5) is 0. The van der Waals surface area contributed by atoms with Gasteiger partial charge in [0.15, 0.2) is 0 Å². The van der Waals surface area contributed by atoms with Crippen LogP contribution < -0.4 is 5.50 Å². The minimum Gasteiger partial charge on any atom is -0.310 e. The van der Waals surface area contributed by atoms with E-state index >= 15 is 0 Å². The number of hydrogen-bond acceptors (Lipinski definition) is 3. The highest BCUT2D eigenvalue weighted by atomic mass is 32.7. The van der Waals surface area contributed by atoms with Gasteiger partial charge in [0.25, 0.3) is 0 Å². The van der Waals surface area contributed by atoms with Gasteiger partial charge < -0.3 is 4.52 Å². The van der Waals surface area contributed by atoms with Crippen LogP contribution in [0.3, 0.4) is 0 Å². The molecule has 0 aromatic heterocycles. The fourth-order valence-corrected chi connectivity index (χ4v) is 3.74. The Morgan fingerprint density at radius 2 is 2.00 bits per heavy atom. The first kappa shape index (κ1) is 12.5. The Balaban J connectivity index is 3.84. The van der Waals surface area contributed by atoms with Gasteiger partial charge >= 0.3 is 6.72 Å². The predicted molar refractivity (Wildman–Crippen MR) is 55.3 cm³/mol. The van der Waals surface area contributed by atoms with Crippen molar-refractivity contribution in [2.24, 2.45) is 10.9 Å². The van der Waals surface area contributed by atoms with Crippen LogP contribution in [-0.4, -0.2) is 12.4 Å². The zero-order valence-electron chi connectivity index (χ0n) is 8.16. The topological polar surface area (TPSA) is 52.3 Å². The quantitative estimate of drug-likeness (QED) is 0.726. The molecule has 3 nitrogen and oxygen atoms in total. The van der Waals surface area contributed by atoms with Crippen molar-refractivity contribution >= 4 is 18.1 Å².